The molecule has 0 spiro atoms. The monoisotopic (exact) mass is 820 g/mol. The molecule has 0 aliphatic carbocycles. The minimum atomic E-state index is -0.176. The van der Waals surface area contributed by atoms with E-state index >= 15 is 0 Å². The van der Waals surface area contributed by atoms with Crippen molar-refractivity contribution < 1.29 is 14.6 Å². The van der Waals surface area contributed by atoms with E-state index in [0.717, 1.165) is 77.6 Å². The van der Waals surface area contributed by atoms with Crippen LogP contribution in [0.5, 0.6) is 28.9 Å². The summed E-state index contributed by atoms with van der Waals surface area (Å²) in [5.41, 5.74) is 9.57. The van der Waals surface area contributed by atoms with Crippen molar-refractivity contribution in [2.75, 3.05) is 0 Å². The SMILES string of the molecule is CCc1nc(-c2cccc(Oc3ccc4c5ccccc5n(-c5cc(C)ccn5)c4c3)c2)c(O)nc1-c1cccc(Oc2ccc3c4ccccc4n(-c4cc(C)ccn4)c3c2)c1. The molecule has 11 aromatic rings. The second-order valence-electron chi connectivity index (χ2n) is 15.8. The maximum Gasteiger partial charge on any atom is 0.238 e. The second kappa shape index (κ2) is 15.3. The number of hydrogen-bond donors (Lipinski definition) is 1. The van der Waals surface area contributed by atoms with Crippen LogP contribution in [0.2, 0.25) is 0 Å². The van der Waals surface area contributed by atoms with Gasteiger partial charge in [-0.1, -0.05) is 67.6 Å². The number of aromatic hydroxyl groups is 1. The summed E-state index contributed by atoms with van der Waals surface area (Å²) in [5.74, 6) is 4.11. The quantitative estimate of drug-likeness (QED) is 0.155. The molecule has 0 saturated heterocycles. The lowest BCUT2D eigenvalue weighted by molar-refractivity contribution is 0.453. The number of ether oxygens (including phenoxy) is 2. The van der Waals surface area contributed by atoms with Crippen LogP contribution in [0.4, 0.5) is 0 Å². The van der Waals surface area contributed by atoms with Crippen LogP contribution >= 0.6 is 0 Å². The predicted octanol–water partition coefficient (Wildman–Crippen LogP) is 13.3. The molecule has 0 aliphatic heterocycles. The zero-order chi connectivity index (χ0) is 42.6. The van der Waals surface area contributed by atoms with Crippen molar-refractivity contribution in [1.82, 2.24) is 29.1 Å². The normalized spacial score (nSPS) is 11.5. The van der Waals surface area contributed by atoms with Gasteiger partial charge in [-0.15, -0.1) is 0 Å². The fourth-order valence-corrected chi connectivity index (χ4v) is 8.62. The molecule has 6 aromatic carbocycles. The van der Waals surface area contributed by atoms with Crippen molar-refractivity contribution >= 4 is 43.6 Å². The van der Waals surface area contributed by atoms with E-state index in [-0.39, 0.29) is 5.88 Å². The minimum absolute atomic E-state index is 0.176. The lowest BCUT2D eigenvalue weighted by Gasteiger charge is -2.14. The Kier molecular flexibility index (Phi) is 9.16. The number of rotatable bonds is 9. The summed E-state index contributed by atoms with van der Waals surface area (Å²) >= 11 is 0. The number of benzene rings is 6. The van der Waals surface area contributed by atoms with Crippen LogP contribution in [-0.4, -0.2) is 34.2 Å². The first-order valence-electron chi connectivity index (χ1n) is 21.0. The fraction of sp³-hybridized carbons (Fsp3) is 0.0741. The smallest absolute Gasteiger partial charge is 0.238 e. The van der Waals surface area contributed by atoms with Gasteiger partial charge in [0.2, 0.25) is 5.88 Å². The predicted molar refractivity (Wildman–Crippen MR) is 251 cm³/mol. The Morgan fingerprint density at radius 1 is 0.460 bits per heavy atom. The Hall–Kier alpha value is -8.30. The minimum Gasteiger partial charge on any atom is -0.492 e. The third-order valence-corrected chi connectivity index (χ3v) is 11.5. The second-order valence-corrected chi connectivity index (χ2v) is 15.8. The van der Waals surface area contributed by atoms with Crippen LogP contribution in [0.1, 0.15) is 23.7 Å². The Morgan fingerprint density at radius 3 is 1.44 bits per heavy atom. The molecule has 0 aliphatic rings. The summed E-state index contributed by atoms with van der Waals surface area (Å²) in [6, 6.07) is 52.5. The average Bonchev–Trinajstić information content (AvgIpc) is 3.81. The Balaban J connectivity index is 0.894. The molecular weight excluding hydrogens is 781 g/mol. The maximum absolute atomic E-state index is 11.5. The van der Waals surface area contributed by atoms with Crippen molar-refractivity contribution in [3.8, 4) is 63.0 Å². The Bertz CT molecular complexity index is 3570. The van der Waals surface area contributed by atoms with E-state index in [1.54, 1.807) is 0 Å². The molecule has 5 heterocycles. The van der Waals surface area contributed by atoms with Crippen molar-refractivity contribution in [3.63, 3.8) is 0 Å². The molecule has 0 bridgehead atoms. The summed E-state index contributed by atoms with van der Waals surface area (Å²) in [4.78, 5) is 19.2. The van der Waals surface area contributed by atoms with Crippen LogP contribution in [0.3, 0.4) is 0 Å². The van der Waals surface area contributed by atoms with E-state index in [2.05, 4.69) is 89.7 Å². The van der Waals surface area contributed by atoms with E-state index in [4.69, 9.17) is 29.4 Å². The van der Waals surface area contributed by atoms with Crippen LogP contribution in [0.15, 0.2) is 170 Å². The van der Waals surface area contributed by atoms with Gasteiger partial charge in [-0.2, -0.15) is 0 Å². The average molecular weight is 821 g/mol. The number of aromatic nitrogens is 6. The highest BCUT2D eigenvalue weighted by molar-refractivity contribution is 6.10. The highest BCUT2D eigenvalue weighted by Gasteiger charge is 2.19. The highest BCUT2D eigenvalue weighted by Crippen LogP contribution is 2.39. The van der Waals surface area contributed by atoms with Gasteiger partial charge in [-0.25, -0.2) is 19.9 Å². The van der Waals surface area contributed by atoms with Gasteiger partial charge < -0.3 is 14.6 Å². The van der Waals surface area contributed by atoms with E-state index in [9.17, 15) is 5.11 Å². The summed E-state index contributed by atoms with van der Waals surface area (Å²) in [5, 5.41) is 16.0. The first-order chi connectivity index (χ1) is 30.9. The van der Waals surface area contributed by atoms with Crippen molar-refractivity contribution in [2.24, 2.45) is 0 Å². The van der Waals surface area contributed by atoms with Crippen LogP contribution < -0.4 is 9.47 Å². The topological polar surface area (TPSA) is 100 Å². The largest absolute Gasteiger partial charge is 0.492 e. The number of aryl methyl sites for hydroxylation is 3. The third-order valence-electron chi connectivity index (χ3n) is 11.5. The number of para-hydroxylation sites is 2. The first-order valence-corrected chi connectivity index (χ1v) is 21.0. The van der Waals surface area contributed by atoms with E-state index < -0.39 is 0 Å². The lowest BCUT2D eigenvalue weighted by atomic mass is 10.1. The van der Waals surface area contributed by atoms with Crippen molar-refractivity contribution in [2.45, 2.75) is 27.2 Å². The van der Waals surface area contributed by atoms with Gasteiger partial charge in [0.1, 0.15) is 40.3 Å². The van der Waals surface area contributed by atoms with Crippen LogP contribution in [0.25, 0.3) is 77.8 Å². The zero-order valence-corrected chi connectivity index (χ0v) is 34.8. The molecule has 5 aromatic heterocycles. The molecule has 0 atom stereocenters. The molecule has 11 rings (SSSR count). The molecule has 9 heteroatoms. The van der Waals surface area contributed by atoms with E-state index in [0.29, 0.717) is 46.4 Å². The Morgan fingerprint density at radius 2 is 0.937 bits per heavy atom. The zero-order valence-electron chi connectivity index (χ0n) is 34.8. The molecule has 9 nitrogen and oxygen atoms in total. The molecule has 0 saturated carbocycles. The molecule has 0 amide bonds. The van der Waals surface area contributed by atoms with Crippen LogP contribution in [0, 0.1) is 13.8 Å². The van der Waals surface area contributed by atoms with Gasteiger partial charge in [0, 0.05) is 57.2 Å². The lowest BCUT2D eigenvalue weighted by Crippen LogP contribution is -2.00. The summed E-state index contributed by atoms with van der Waals surface area (Å²) in [6.07, 6.45) is 4.27. The molecule has 1 N–H and O–H groups in total. The molecule has 0 fully saturated rings. The molecule has 304 valence electrons. The van der Waals surface area contributed by atoms with Gasteiger partial charge in [-0.05, 0) is 116 Å². The summed E-state index contributed by atoms with van der Waals surface area (Å²) in [6.45, 7) is 6.18. The number of pyridine rings is 2. The molecular formula is C54H40N6O3. The number of hydrogen-bond acceptors (Lipinski definition) is 7. The third kappa shape index (κ3) is 6.76. The summed E-state index contributed by atoms with van der Waals surface area (Å²) < 4.78 is 17.4. The Labute approximate surface area is 363 Å². The molecule has 0 radical (unpaired) electrons. The maximum atomic E-state index is 11.5. The van der Waals surface area contributed by atoms with Crippen molar-refractivity contribution in [1.29, 1.82) is 0 Å². The summed E-state index contributed by atoms with van der Waals surface area (Å²) in [7, 11) is 0. The van der Waals surface area contributed by atoms with Gasteiger partial charge in [-0.3, -0.25) is 9.13 Å². The highest BCUT2D eigenvalue weighted by atomic mass is 16.5. The van der Waals surface area contributed by atoms with Gasteiger partial charge >= 0.3 is 0 Å². The number of fused-ring (bicyclic) bond motifs is 6. The van der Waals surface area contributed by atoms with Gasteiger partial charge in [0.25, 0.3) is 0 Å². The molecule has 0 unspecified atom stereocenters. The van der Waals surface area contributed by atoms with Gasteiger partial charge in [0.15, 0.2) is 0 Å². The van der Waals surface area contributed by atoms with Gasteiger partial charge in [0.05, 0.1) is 33.5 Å². The fourth-order valence-electron chi connectivity index (χ4n) is 8.62. The first kappa shape index (κ1) is 37.7. The standard InChI is InChI=1S/C54H40N6O3/c1-4-45-52(35-11-9-13-37(29-35)62-39-19-21-43-41-15-5-7-17-46(41)59(48(43)31-39)50-27-33(2)23-25-55-50)58-54(61)53(57-45)36-12-10-14-38(30-36)63-40-20-22-44-42-16-6-8-18-47(42)60(49(44)32-40)51-28-34(3)24-26-56-51/h5-32H,4H2,1-3H3,(H,58,61). The van der Waals surface area contributed by atoms with E-state index in [1.165, 1.54) is 0 Å². The number of nitrogens with zero attached hydrogens (tertiary/aromatic N) is 6. The molecule has 63 heavy (non-hydrogen) atoms. The van der Waals surface area contributed by atoms with E-state index in [1.807, 2.05) is 110 Å². The van der Waals surface area contributed by atoms with Crippen molar-refractivity contribution in [3.05, 3.63) is 187 Å². The van der Waals surface area contributed by atoms with Crippen LogP contribution in [-0.2, 0) is 6.42 Å².